The Morgan fingerprint density at radius 1 is 0.933 bits per heavy atom. The zero-order chi connectivity index (χ0) is 21.2. The maximum atomic E-state index is 12.2. The Morgan fingerprint density at radius 3 is 2.43 bits per heavy atom. The van der Waals surface area contributed by atoms with E-state index in [1.165, 1.54) is 6.08 Å². The van der Waals surface area contributed by atoms with Gasteiger partial charge in [0.15, 0.2) is 5.11 Å². The van der Waals surface area contributed by atoms with E-state index in [0.29, 0.717) is 24.2 Å². The van der Waals surface area contributed by atoms with E-state index < -0.39 is 0 Å². The molecule has 0 fully saturated rings. The summed E-state index contributed by atoms with van der Waals surface area (Å²) in [7, 11) is 0. The molecule has 3 aromatic rings. The van der Waals surface area contributed by atoms with Crippen LogP contribution in [0.15, 0.2) is 78.2 Å². The van der Waals surface area contributed by atoms with Crippen molar-refractivity contribution in [2.45, 2.75) is 12.8 Å². The molecule has 0 atom stereocenters. The van der Waals surface area contributed by atoms with Crippen molar-refractivity contribution in [2.75, 3.05) is 10.6 Å². The third-order valence-electron chi connectivity index (χ3n) is 4.07. The van der Waals surface area contributed by atoms with E-state index in [1.54, 1.807) is 41.7 Å². The van der Waals surface area contributed by atoms with Gasteiger partial charge in [0, 0.05) is 28.7 Å². The molecule has 1 heterocycles. The van der Waals surface area contributed by atoms with Crippen molar-refractivity contribution in [2.24, 2.45) is 0 Å². The summed E-state index contributed by atoms with van der Waals surface area (Å²) in [5, 5.41) is 10.6. The minimum absolute atomic E-state index is 0.0643. The zero-order valence-corrected chi connectivity index (χ0v) is 17.8. The molecular weight excluding hydrogens is 414 g/mol. The van der Waals surface area contributed by atoms with Crippen LogP contribution >= 0.6 is 23.6 Å². The number of hydrogen-bond acceptors (Lipinski definition) is 4. The topological polar surface area (TPSA) is 70.2 Å². The number of thiocarbonyl (C=S) groups is 1. The van der Waals surface area contributed by atoms with E-state index in [4.69, 9.17) is 12.2 Å². The molecule has 5 nitrogen and oxygen atoms in total. The number of benzene rings is 2. The van der Waals surface area contributed by atoms with E-state index >= 15 is 0 Å². The summed E-state index contributed by atoms with van der Waals surface area (Å²) in [5.74, 6) is -0.378. The van der Waals surface area contributed by atoms with Crippen LogP contribution in [0.1, 0.15) is 16.9 Å². The second-order valence-electron chi connectivity index (χ2n) is 6.41. The molecular formula is C23H21N3O2S2. The first-order valence-electron chi connectivity index (χ1n) is 9.36. The van der Waals surface area contributed by atoms with Crippen LogP contribution < -0.4 is 16.0 Å². The van der Waals surface area contributed by atoms with Crippen molar-refractivity contribution in [1.29, 1.82) is 0 Å². The van der Waals surface area contributed by atoms with Crippen molar-refractivity contribution in [3.63, 3.8) is 0 Å². The molecule has 3 rings (SSSR count). The molecule has 0 saturated heterocycles. The summed E-state index contributed by atoms with van der Waals surface area (Å²) < 4.78 is 0. The van der Waals surface area contributed by atoms with Gasteiger partial charge in [-0.05, 0) is 59.9 Å². The molecule has 1 aromatic heterocycles. The van der Waals surface area contributed by atoms with Gasteiger partial charge in [-0.3, -0.25) is 14.9 Å². The number of nitrogens with one attached hydrogen (secondary N) is 3. The van der Waals surface area contributed by atoms with E-state index in [9.17, 15) is 9.59 Å². The number of carbonyl (C=O) groups excluding carboxylic acids is 2. The van der Waals surface area contributed by atoms with Gasteiger partial charge in [0.2, 0.25) is 11.8 Å². The highest BCUT2D eigenvalue weighted by atomic mass is 32.1. The normalized spacial score (nSPS) is 10.5. The van der Waals surface area contributed by atoms with Gasteiger partial charge in [0.25, 0.3) is 0 Å². The Bertz CT molecular complexity index is 1030. The molecule has 0 aliphatic heterocycles. The maximum Gasteiger partial charge on any atom is 0.250 e. The van der Waals surface area contributed by atoms with Gasteiger partial charge in [-0.25, -0.2) is 0 Å². The number of anilines is 2. The molecule has 152 valence electrons. The number of rotatable bonds is 7. The molecule has 0 aliphatic rings. The van der Waals surface area contributed by atoms with Crippen LogP contribution in [0.25, 0.3) is 6.08 Å². The summed E-state index contributed by atoms with van der Waals surface area (Å²) in [6.07, 6.45) is 4.24. The van der Waals surface area contributed by atoms with Crippen molar-refractivity contribution < 1.29 is 9.59 Å². The first-order chi connectivity index (χ1) is 14.6. The number of carbonyl (C=O) groups is 2. The molecule has 0 saturated carbocycles. The fourth-order valence-electron chi connectivity index (χ4n) is 2.66. The maximum absolute atomic E-state index is 12.2. The Labute approximate surface area is 184 Å². The van der Waals surface area contributed by atoms with Crippen LogP contribution in [0.4, 0.5) is 11.4 Å². The van der Waals surface area contributed by atoms with E-state index in [0.717, 1.165) is 10.4 Å². The lowest BCUT2D eigenvalue weighted by Crippen LogP contribution is -2.32. The first-order valence-corrected chi connectivity index (χ1v) is 10.6. The Morgan fingerprint density at radius 2 is 1.70 bits per heavy atom. The molecule has 0 bridgehead atoms. The molecule has 7 heteroatoms. The summed E-state index contributed by atoms with van der Waals surface area (Å²) >= 11 is 6.74. The van der Waals surface area contributed by atoms with Gasteiger partial charge >= 0.3 is 0 Å². The average molecular weight is 436 g/mol. The van der Waals surface area contributed by atoms with Crippen LogP contribution in [-0.2, 0) is 16.0 Å². The summed E-state index contributed by atoms with van der Waals surface area (Å²) in [4.78, 5) is 25.2. The van der Waals surface area contributed by atoms with Gasteiger partial charge in [-0.15, -0.1) is 11.3 Å². The van der Waals surface area contributed by atoms with Gasteiger partial charge in [-0.1, -0.05) is 42.5 Å². The minimum Gasteiger partial charge on any atom is -0.332 e. The molecule has 0 spiro atoms. The predicted molar refractivity (Wildman–Crippen MR) is 128 cm³/mol. The summed E-state index contributed by atoms with van der Waals surface area (Å²) in [6, 6.07) is 20.9. The van der Waals surface area contributed by atoms with Crippen LogP contribution in [0.5, 0.6) is 0 Å². The van der Waals surface area contributed by atoms with Gasteiger partial charge < -0.3 is 10.6 Å². The summed E-state index contributed by atoms with van der Waals surface area (Å²) in [5.41, 5.74) is 2.45. The second kappa shape index (κ2) is 11.0. The van der Waals surface area contributed by atoms with Crippen LogP contribution in [-0.4, -0.2) is 16.9 Å². The lowest BCUT2D eigenvalue weighted by atomic mass is 10.1. The predicted octanol–water partition coefficient (Wildman–Crippen LogP) is 4.85. The molecule has 3 N–H and O–H groups in total. The van der Waals surface area contributed by atoms with Crippen LogP contribution in [0, 0.1) is 0 Å². The number of aryl methyl sites for hydroxylation is 1. The van der Waals surface area contributed by atoms with Crippen molar-refractivity contribution in [3.05, 3.63) is 88.6 Å². The number of amides is 2. The van der Waals surface area contributed by atoms with Crippen molar-refractivity contribution in [1.82, 2.24) is 5.32 Å². The highest BCUT2D eigenvalue weighted by molar-refractivity contribution is 7.80. The number of hydrogen-bond donors (Lipinski definition) is 3. The summed E-state index contributed by atoms with van der Waals surface area (Å²) in [6.45, 7) is 0. The highest BCUT2D eigenvalue weighted by Crippen LogP contribution is 2.16. The molecule has 2 amide bonds. The Kier molecular flexibility index (Phi) is 7.88. The smallest absolute Gasteiger partial charge is 0.250 e. The third-order valence-corrected chi connectivity index (χ3v) is 5.11. The molecule has 0 radical (unpaired) electrons. The second-order valence-corrected chi connectivity index (χ2v) is 7.79. The quantitative estimate of drug-likeness (QED) is 0.367. The molecule has 2 aromatic carbocycles. The SMILES string of the molecule is O=C(/C=C/c1cccs1)NC(=S)Nc1cccc(NC(=O)CCc2ccccc2)c1. The molecule has 0 aliphatic carbocycles. The standard InChI is InChI=1S/C23H21N3O2S2/c27-21(13-11-17-6-2-1-3-7-17)24-18-8-4-9-19(16-18)25-23(29)26-22(28)14-12-20-10-5-15-30-20/h1-10,12,14-16H,11,13H2,(H,24,27)(H2,25,26,28,29)/b14-12+. The van der Waals surface area contributed by atoms with E-state index in [-0.39, 0.29) is 16.9 Å². The largest absolute Gasteiger partial charge is 0.332 e. The average Bonchev–Trinajstić information content (AvgIpc) is 3.25. The van der Waals surface area contributed by atoms with Crippen molar-refractivity contribution in [3.8, 4) is 0 Å². The Balaban J connectivity index is 1.47. The fraction of sp³-hybridized carbons (Fsp3) is 0.0870. The lowest BCUT2D eigenvalue weighted by Gasteiger charge is -2.10. The monoisotopic (exact) mass is 435 g/mol. The zero-order valence-electron chi connectivity index (χ0n) is 16.1. The van der Waals surface area contributed by atoms with Gasteiger partial charge in [0.1, 0.15) is 0 Å². The molecule has 0 unspecified atom stereocenters. The lowest BCUT2D eigenvalue weighted by molar-refractivity contribution is -0.116. The van der Waals surface area contributed by atoms with Crippen molar-refractivity contribution >= 4 is 57.9 Å². The van der Waals surface area contributed by atoms with Crippen LogP contribution in [0.2, 0.25) is 0 Å². The third kappa shape index (κ3) is 7.27. The Hall–Kier alpha value is -3.29. The van der Waals surface area contributed by atoms with Gasteiger partial charge in [-0.2, -0.15) is 0 Å². The number of thiophene rings is 1. The fourth-order valence-corrected chi connectivity index (χ4v) is 3.50. The van der Waals surface area contributed by atoms with Crippen LogP contribution in [0.3, 0.4) is 0 Å². The van der Waals surface area contributed by atoms with E-state index in [1.807, 2.05) is 47.8 Å². The highest BCUT2D eigenvalue weighted by Gasteiger charge is 2.06. The minimum atomic E-state index is -0.314. The first kappa shape index (κ1) is 21.4. The van der Waals surface area contributed by atoms with Gasteiger partial charge in [0.05, 0.1) is 0 Å². The van der Waals surface area contributed by atoms with E-state index in [2.05, 4.69) is 16.0 Å². The molecule has 30 heavy (non-hydrogen) atoms.